The zero-order chi connectivity index (χ0) is 21.1. The van der Waals surface area contributed by atoms with E-state index in [0.29, 0.717) is 6.42 Å². The molecule has 1 aromatic carbocycles. The minimum absolute atomic E-state index is 0.235. The molecule has 158 valence electrons. The fraction of sp³-hybridized carbons (Fsp3) is 0.417. The number of methoxy groups -OCH3 is 1. The summed E-state index contributed by atoms with van der Waals surface area (Å²) in [5.41, 5.74) is 5.69. The number of fused-ring (bicyclic) bond motifs is 1. The van der Waals surface area contributed by atoms with Crippen LogP contribution in [0.4, 0.5) is 0 Å². The van der Waals surface area contributed by atoms with Crippen molar-refractivity contribution in [2.24, 2.45) is 0 Å². The molecule has 0 saturated carbocycles. The van der Waals surface area contributed by atoms with Crippen LogP contribution in [0.15, 0.2) is 42.6 Å². The molecule has 1 aliphatic rings. The van der Waals surface area contributed by atoms with E-state index < -0.39 is 0 Å². The first kappa shape index (κ1) is 20.4. The molecule has 1 amide bonds. The van der Waals surface area contributed by atoms with Crippen molar-refractivity contribution in [3.63, 3.8) is 0 Å². The summed E-state index contributed by atoms with van der Waals surface area (Å²) in [7, 11) is 1.67. The fourth-order valence-electron chi connectivity index (χ4n) is 4.11. The molecule has 6 nitrogen and oxygen atoms in total. The lowest BCUT2D eigenvalue weighted by Gasteiger charge is -2.34. The van der Waals surface area contributed by atoms with E-state index in [0.717, 1.165) is 61.8 Å². The predicted molar refractivity (Wildman–Crippen MR) is 118 cm³/mol. The number of nitrogens with zero attached hydrogens (tertiary/aromatic N) is 4. The van der Waals surface area contributed by atoms with Crippen LogP contribution in [0.1, 0.15) is 28.9 Å². The van der Waals surface area contributed by atoms with Gasteiger partial charge in [0.2, 0.25) is 5.91 Å². The van der Waals surface area contributed by atoms with Gasteiger partial charge in [0.25, 0.3) is 0 Å². The lowest BCUT2D eigenvalue weighted by atomic mass is 10.1. The number of pyridine rings is 1. The Kier molecular flexibility index (Phi) is 6.04. The third kappa shape index (κ3) is 4.49. The van der Waals surface area contributed by atoms with E-state index in [-0.39, 0.29) is 5.91 Å². The van der Waals surface area contributed by atoms with Gasteiger partial charge >= 0.3 is 0 Å². The van der Waals surface area contributed by atoms with Crippen molar-refractivity contribution in [1.29, 1.82) is 0 Å². The maximum atomic E-state index is 12.7. The molecule has 2 aromatic heterocycles. The minimum Gasteiger partial charge on any atom is -0.497 e. The second kappa shape index (κ2) is 8.88. The second-order valence-corrected chi connectivity index (χ2v) is 8.08. The van der Waals surface area contributed by atoms with Crippen molar-refractivity contribution in [3.05, 3.63) is 65.1 Å². The molecule has 0 aliphatic carbocycles. The van der Waals surface area contributed by atoms with Crippen LogP contribution < -0.4 is 4.74 Å². The van der Waals surface area contributed by atoms with E-state index in [2.05, 4.69) is 41.5 Å². The third-order valence-electron chi connectivity index (χ3n) is 5.94. The summed E-state index contributed by atoms with van der Waals surface area (Å²) >= 11 is 0. The highest BCUT2D eigenvalue weighted by Gasteiger charge is 2.22. The van der Waals surface area contributed by atoms with E-state index in [1.807, 2.05) is 29.2 Å². The first-order valence-electron chi connectivity index (χ1n) is 10.6. The number of hydrogen-bond acceptors (Lipinski definition) is 4. The van der Waals surface area contributed by atoms with Gasteiger partial charge in [-0.15, -0.1) is 0 Å². The van der Waals surface area contributed by atoms with Gasteiger partial charge in [-0.25, -0.2) is 4.98 Å². The standard InChI is InChI=1S/C24H30N4O2/c1-18-9-10-28-22(19(2)25-23(28)15-18)17-26-11-13-27(14-12-26)24(29)8-7-20-5-4-6-21(16-20)30-3/h4-6,9-10,15-16H,7-8,11-14,17H2,1-3H3. The van der Waals surface area contributed by atoms with Crippen molar-refractivity contribution in [1.82, 2.24) is 19.2 Å². The van der Waals surface area contributed by atoms with Crippen molar-refractivity contribution < 1.29 is 9.53 Å². The van der Waals surface area contributed by atoms with E-state index in [1.54, 1.807) is 7.11 Å². The van der Waals surface area contributed by atoms with Gasteiger partial charge < -0.3 is 14.0 Å². The molecule has 0 atom stereocenters. The number of carbonyl (C=O) groups is 1. The van der Waals surface area contributed by atoms with Crippen LogP contribution >= 0.6 is 0 Å². The number of benzene rings is 1. The average molecular weight is 407 g/mol. The van der Waals surface area contributed by atoms with Crippen LogP contribution in [0, 0.1) is 13.8 Å². The predicted octanol–water partition coefficient (Wildman–Crippen LogP) is 3.24. The minimum atomic E-state index is 0.235. The van der Waals surface area contributed by atoms with Gasteiger partial charge in [0, 0.05) is 45.3 Å². The van der Waals surface area contributed by atoms with Gasteiger partial charge in [-0.1, -0.05) is 12.1 Å². The summed E-state index contributed by atoms with van der Waals surface area (Å²) in [6, 6.07) is 12.2. The molecule has 3 heterocycles. The number of imidazole rings is 1. The van der Waals surface area contributed by atoms with Crippen LogP contribution in [0.2, 0.25) is 0 Å². The van der Waals surface area contributed by atoms with E-state index in [9.17, 15) is 4.79 Å². The summed E-state index contributed by atoms with van der Waals surface area (Å²) in [6.45, 7) is 8.39. The van der Waals surface area contributed by atoms with Crippen molar-refractivity contribution in [3.8, 4) is 5.75 Å². The summed E-state index contributed by atoms with van der Waals surface area (Å²) < 4.78 is 7.46. The van der Waals surface area contributed by atoms with Gasteiger partial charge in [0.05, 0.1) is 18.5 Å². The third-order valence-corrected chi connectivity index (χ3v) is 5.94. The normalized spacial score (nSPS) is 15.0. The van der Waals surface area contributed by atoms with Gasteiger partial charge in [-0.2, -0.15) is 0 Å². The number of amides is 1. The molecule has 1 aliphatic heterocycles. The zero-order valence-electron chi connectivity index (χ0n) is 18.1. The monoisotopic (exact) mass is 406 g/mol. The lowest BCUT2D eigenvalue weighted by Crippen LogP contribution is -2.48. The van der Waals surface area contributed by atoms with Crippen molar-refractivity contribution >= 4 is 11.6 Å². The molecule has 3 aromatic rings. The van der Waals surface area contributed by atoms with Crippen molar-refractivity contribution in [2.75, 3.05) is 33.3 Å². The molecular weight excluding hydrogens is 376 g/mol. The van der Waals surface area contributed by atoms with Gasteiger partial charge in [-0.05, 0) is 55.7 Å². The Balaban J connectivity index is 1.30. The number of hydrogen-bond donors (Lipinski definition) is 0. The maximum Gasteiger partial charge on any atom is 0.222 e. The number of carbonyl (C=O) groups excluding carboxylic acids is 1. The Hall–Kier alpha value is -2.86. The zero-order valence-corrected chi connectivity index (χ0v) is 18.1. The molecular formula is C24H30N4O2. The lowest BCUT2D eigenvalue weighted by molar-refractivity contribution is -0.133. The van der Waals surface area contributed by atoms with E-state index >= 15 is 0 Å². The van der Waals surface area contributed by atoms with Gasteiger partial charge in [-0.3, -0.25) is 9.69 Å². The number of rotatable bonds is 6. The molecule has 0 bridgehead atoms. The molecule has 1 saturated heterocycles. The molecule has 0 spiro atoms. The summed E-state index contributed by atoms with van der Waals surface area (Å²) in [4.78, 5) is 21.8. The Bertz CT molecular complexity index is 1030. The maximum absolute atomic E-state index is 12.7. The molecule has 1 fully saturated rings. The summed E-state index contributed by atoms with van der Waals surface area (Å²) in [5, 5.41) is 0. The van der Waals surface area contributed by atoms with E-state index in [1.165, 1.54) is 11.3 Å². The van der Waals surface area contributed by atoms with Gasteiger partial charge in [0.1, 0.15) is 11.4 Å². The fourth-order valence-corrected chi connectivity index (χ4v) is 4.11. The summed E-state index contributed by atoms with van der Waals surface area (Å²) in [5.74, 6) is 1.07. The summed E-state index contributed by atoms with van der Waals surface area (Å²) in [6.07, 6.45) is 3.40. The molecule has 30 heavy (non-hydrogen) atoms. The first-order valence-corrected chi connectivity index (χ1v) is 10.6. The van der Waals surface area contributed by atoms with Crippen LogP contribution in [0.3, 0.4) is 0 Å². The topological polar surface area (TPSA) is 50.1 Å². The molecule has 0 N–H and O–H groups in total. The Labute approximate surface area is 178 Å². The Morgan fingerprint density at radius 3 is 2.67 bits per heavy atom. The van der Waals surface area contributed by atoms with Gasteiger partial charge in [0.15, 0.2) is 0 Å². The number of ether oxygens (including phenoxy) is 1. The number of aromatic nitrogens is 2. The number of piperazine rings is 1. The highest BCUT2D eigenvalue weighted by Crippen LogP contribution is 2.18. The van der Waals surface area contributed by atoms with Crippen LogP contribution in [-0.2, 0) is 17.8 Å². The highest BCUT2D eigenvalue weighted by molar-refractivity contribution is 5.76. The number of aryl methyl sites for hydroxylation is 3. The quantitative estimate of drug-likeness (QED) is 0.631. The molecule has 0 unspecified atom stereocenters. The van der Waals surface area contributed by atoms with E-state index in [4.69, 9.17) is 9.72 Å². The second-order valence-electron chi connectivity index (χ2n) is 8.08. The average Bonchev–Trinajstić information content (AvgIpc) is 3.06. The SMILES string of the molecule is COc1cccc(CCC(=O)N2CCN(Cc3c(C)nc4cc(C)ccn34)CC2)c1. The highest BCUT2D eigenvalue weighted by atomic mass is 16.5. The smallest absolute Gasteiger partial charge is 0.222 e. The van der Waals surface area contributed by atoms with Crippen molar-refractivity contribution in [2.45, 2.75) is 33.2 Å². The molecule has 6 heteroatoms. The van der Waals surface area contributed by atoms with Crippen LogP contribution in [0.5, 0.6) is 5.75 Å². The largest absolute Gasteiger partial charge is 0.497 e. The molecule has 4 rings (SSSR count). The Morgan fingerprint density at radius 1 is 1.10 bits per heavy atom. The Morgan fingerprint density at radius 2 is 1.90 bits per heavy atom. The molecule has 0 radical (unpaired) electrons. The van der Waals surface area contributed by atoms with Crippen LogP contribution in [0.25, 0.3) is 5.65 Å². The first-order chi connectivity index (χ1) is 14.5. The van der Waals surface area contributed by atoms with Crippen LogP contribution in [-0.4, -0.2) is 58.4 Å².